The highest BCUT2D eigenvalue weighted by atomic mass is 15.1. The first-order valence-corrected chi connectivity index (χ1v) is 25.3. The zero-order chi connectivity index (χ0) is 48.0. The Hall–Kier alpha value is -9.50. The van der Waals surface area contributed by atoms with Gasteiger partial charge in [0.2, 0.25) is 0 Å². The zero-order valence-electron chi connectivity index (χ0n) is 40.0. The average Bonchev–Trinajstić information content (AvgIpc) is 4.15. The predicted octanol–water partition coefficient (Wildman–Crippen LogP) is 18.8. The smallest absolute Gasteiger partial charge is 0.0725 e. The minimum Gasteiger partial charge on any atom is -0.311 e. The van der Waals surface area contributed by atoms with E-state index in [-0.39, 0.29) is 5.41 Å². The molecule has 15 rings (SSSR count). The summed E-state index contributed by atoms with van der Waals surface area (Å²) in [5.74, 6) is 0. The summed E-state index contributed by atoms with van der Waals surface area (Å²) >= 11 is 0. The maximum absolute atomic E-state index is 2.47. The van der Waals surface area contributed by atoms with E-state index in [9.17, 15) is 0 Å². The summed E-state index contributed by atoms with van der Waals surface area (Å²) < 4.78 is 2.37. The van der Waals surface area contributed by atoms with Crippen LogP contribution in [-0.4, -0.2) is 4.57 Å². The molecule has 12 aromatic carbocycles. The molecule has 0 radical (unpaired) electrons. The van der Waals surface area contributed by atoms with Crippen molar-refractivity contribution in [2.75, 3.05) is 4.90 Å². The van der Waals surface area contributed by atoms with Crippen molar-refractivity contribution in [2.24, 2.45) is 0 Å². The highest BCUT2D eigenvalue weighted by Gasteiger charge is 2.51. The molecule has 2 aliphatic carbocycles. The highest BCUT2D eigenvalue weighted by Crippen LogP contribution is 2.63. The lowest BCUT2D eigenvalue weighted by molar-refractivity contribution is 0.794. The Balaban J connectivity index is 0.805. The number of nitrogens with zero attached hydrogens (tertiary/aromatic N) is 2. The van der Waals surface area contributed by atoms with Crippen LogP contribution in [0.25, 0.3) is 93.9 Å². The standard InChI is InChI=1S/C71H46N2/c1-2-16-57-50(14-1)15-13-22-58(57)51-34-43-55(44-35-51)72(53-37-28-47(29-38-53)48-30-41-56(42-31-48)73-69-26-11-6-20-63(69)64-21-7-12-27-70(64)73)54-39-32-49(33-40-54)52-36-45-62-61-19-5-10-25-67(61)71(68(62)46-52)65-23-8-3-17-59(65)60-18-4-9-24-66(60)71/h1-46H. The fraction of sp³-hybridized carbons (Fsp3) is 0.0141. The Kier molecular flexibility index (Phi) is 9.21. The van der Waals surface area contributed by atoms with E-state index in [2.05, 4.69) is 289 Å². The number of hydrogen-bond acceptors (Lipinski definition) is 1. The first-order chi connectivity index (χ1) is 36.2. The van der Waals surface area contributed by atoms with Gasteiger partial charge >= 0.3 is 0 Å². The van der Waals surface area contributed by atoms with E-state index in [0.29, 0.717) is 0 Å². The minimum atomic E-state index is -0.384. The minimum absolute atomic E-state index is 0.384. The number of anilines is 3. The Bertz CT molecular complexity index is 4170. The Morgan fingerprint density at radius 2 is 0.644 bits per heavy atom. The monoisotopic (exact) mass is 926 g/mol. The summed E-state index contributed by atoms with van der Waals surface area (Å²) in [5, 5.41) is 5.04. The second-order valence-corrected chi connectivity index (χ2v) is 19.6. The molecule has 0 fully saturated rings. The molecule has 1 spiro atoms. The molecule has 13 aromatic rings. The number of rotatable bonds is 7. The second-order valence-electron chi connectivity index (χ2n) is 19.6. The number of benzene rings is 12. The van der Waals surface area contributed by atoms with E-state index in [1.807, 2.05) is 0 Å². The van der Waals surface area contributed by atoms with Gasteiger partial charge in [0, 0.05) is 33.5 Å². The molecule has 0 bridgehead atoms. The lowest BCUT2D eigenvalue weighted by atomic mass is 9.70. The third-order valence-electron chi connectivity index (χ3n) is 15.8. The molecule has 0 atom stereocenters. The van der Waals surface area contributed by atoms with E-state index >= 15 is 0 Å². The van der Waals surface area contributed by atoms with Crippen molar-refractivity contribution in [1.82, 2.24) is 4.57 Å². The summed E-state index contributed by atoms with van der Waals surface area (Å²) in [5.41, 5.74) is 24.3. The van der Waals surface area contributed by atoms with Gasteiger partial charge in [-0.1, -0.05) is 212 Å². The van der Waals surface area contributed by atoms with Gasteiger partial charge in [-0.05, 0) is 155 Å². The Morgan fingerprint density at radius 1 is 0.260 bits per heavy atom. The summed E-state index contributed by atoms with van der Waals surface area (Å²) in [4.78, 5) is 2.38. The van der Waals surface area contributed by atoms with Gasteiger partial charge in [-0.25, -0.2) is 0 Å². The molecule has 2 aliphatic rings. The predicted molar refractivity (Wildman–Crippen MR) is 306 cm³/mol. The molecule has 0 saturated heterocycles. The number of fused-ring (bicyclic) bond motifs is 14. The average molecular weight is 927 g/mol. The first kappa shape index (κ1) is 41.3. The van der Waals surface area contributed by atoms with Gasteiger partial charge in [-0.15, -0.1) is 0 Å². The van der Waals surface area contributed by atoms with Gasteiger partial charge in [0.1, 0.15) is 0 Å². The van der Waals surface area contributed by atoms with Crippen LogP contribution >= 0.6 is 0 Å². The molecule has 2 nitrogen and oxygen atoms in total. The molecule has 340 valence electrons. The molecule has 0 unspecified atom stereocenters. The van der Waals surface area contributed by atoms with Crippen LogP contribution in [0.2, 0.25) is 0 Å². The fourth-order valence-electron chi connectivity index (χ4n) is 12.6. The van der Waals surface area contributed by atoms with E-state index in [0.717, 1.165) is 22.7 Å². The Morgan fingerprint density at radius 3 is 1.19 bits per heavy atom. The van der Waals surface area contributed by atoms with Crippen LogP contribution < -0.4 is 4.90 Å². The van der Waals surface area contributed by atoms with Crippen LogP contribution in [0.1, 0.15) is 22.3 Å². The molecule has 1 aromatic heterocycles. The van der Waals surface area contributed by atoms with Crippen molar-refractivity contribution in [3.8, 4) is 61.3 Å². The van der Waals surface area contributed by atoms with Gasteiger partial charge in [0.05, 0.1) is 16.4 Å². The van der Waals surface area contributed by atoms with Crippen molar-refractivity contribution in [2.45, 2.75) is 5.41 Å². The molecule has 0 amide bonds. The molecular formula is C71H46N2. The van der Waals surface area contributed by atoms with Gasteiger partial charge < -0.3 is 9.47 Å². The molecule has 1 heterocycles. The first-order valence-electron chi connectivity index (χ1n) is 25.3. The summed E-state index contributed by atoms with van der Waals surface area (Å²) in [6, 6.07) is 103. The molecule has 0 saturated carbocycles. The second kappa shape index (κ2) is 16.3. The van der Waals surface area contributed by atoms with Crippen LogP contribution in [0.15, 0.2) is 279 Å². The third-order valence-corrected chi connectivity index (χ3v) is 15.8. The summed E-state index contributed by atoms with van der Waals surface area (Å²) in [6.45, 7) is 0. The van der Waals surface area contributed by atoms with Crippen molar-refractivity contribution < 1.29 is 0 Å². The number of para-hydroxylation sites is 2. The van der Waals surface area contributed by atoms with Crippen LogP contribution in [-0.2, 0) is 5.41 Å². The molecule has 0 N–H and O–H groups in total. The van der Waals surface area contributed by atoms with Crippen LogP contribution in [0.3, 0.4) is 0 Å². The SMILES string of the molecule is c1ccc2c(c1)-c1ccccc1C21c2ccccc2-c2ccc(-c3ccc(N(c4ccc(-c5ccc(-n6c7ccccc7c7ccccc76)cc5)cc4)c4ccc(-c5cccc6ccccc56)cc4)cc3)cc21. The topological polar surface area (TPSA) is 8.17 Å². The largest absolute Gasteiger partial charge is 0.311 e. The number of hydrogen-bond donors (Lipinski definition) is 0. The Labute approximate surface area is 425 Å². The summed E-state index contributed by atoms with van der Waals surface area (Å²) in [6.07, 6.45) is 0. The quantitative estimate of drug-likeness (QED) is 0.155. The van der Waals surface area contributed by atoms with Gasteiger partial charge in [0.15, 0.2) is 0 Å². The van der Waals surface area contributed by atoms with Crippen molar-refractivity contribution in [1.29, 1.82) is 0 Å². The molecular weight excluding hydrogens is 881 g/mol. The lowest BCUT2D eigenvalue weighted by Crippen LogP contribution is -2.25. The van der Waals surface area contributed by atoms with Crippen molar-refractivity contribution in [3.63, 3.8) is 0 Å². The van der Waals surface area contributed by atoms with Crippen LogP contribution in [0.5, 0.6) is 0 Å². The molecule has 73 heavy (non-hydrogen) atoms. The van der Waals surface area contributed by atoms with Crippen LogP contribution in [0, 0.1) is 0 Å². The maximum atomic E-state index is 2.47. The zero-order valence-corrected chi connectivity index (χ0v) is 40.0. The van der Waals surface area contributed by atoms with Gasteiger partial charge in [-0.3, -0.25) is 0 Å². The van der Waals surface area contributed by atoms with Gasteiger partial charge in [-0.2, -0.15) is 0 Å². The maximum Gasteiger partial charge on any atom is 0.0725 e. The van der Waals surface area contributed by atoms with E-state index in [1.54, 1.807) is 0 Å². The third kappa shape index (κ3) is 6.24. The molecule has 0 aliphatic heterocycles. The van der Waals surface area contributed by atoms with Crippen LogP contribution in [0.4, 0.5) is 17.1 Å². The fourth-order valence-corrected chi connectivity index (χ4v) is 12.6. The highest BCUT2D eigenvalue weighted by molar-refractivity contribution is 6.09. The molecule has 2 heteroatoms. The van der Waals surface area contributed by atoms with E-state index in [1.165, 1.54) is 110 Å². The normalized spacial score (nSPS) is 12.8. The van der Waals surface area contributed by atoms with E-state index < -0.39 is 0 Å². The van der Waals surface area contributed by atoms with Crippen molar-refractivity contribution in [3.05, 3.63) is 301 Å². The summed E-state index contributed by atoms with van der Waals surface area (Å²) in [7, 11) is 0. The number of aromatic nitrogens is 1. The van der Waals surface area contributed by atoms with Crippen molar-refractivity contribution >= 4 is 49.6 Å². The lowest BCUT2D eigenvalue weighted by Gasteiger charge is -2.30. The van der Waals surface area contributed by atoms with Gasteiger partial charge in [0.25, 0.3) is 0 Å². The van der Waals surface area contributed by atoms with E-state index in [4.69, 9.17) is 0 Å².